The monoisotopic (exact) mass is 868 g/mol. The summed E-state index contributed by atoms with van der Waals surface area (Å²) >= 11 is 0. The topological polar surface area (TPSA) is 6.48 Å². The molecule has 0 N–H and O–H groups in total. The van der Waals surface area contributed by atoms with Gasteiger partial charge in [-0.05, 0) is 137 Å². The fourth-order valence-electron chi connectivity index (χ4n) is 12.4. The number of para-hydroxylation sites is 2. The molecule has 0 fully saturated rings. The molecule has 0 aromatic heterocycles. The molecule has 2 aliphatic carbocycles. The van der Waals surface area contributed by atoms with E-state index in [9.17, 15) is 0 Å². The molecule has 0 unspecified atom stereocenters. The van der Waals surface area contributed by atoms with Crippen LogP contribution < -0.4 is 9.80 Å². The van der Waals surface area contributed by atoms with E-state index in [4.69, 9.17) is 0 Å². The molecule has 322 valence electrons. The van der Waals surface area contributed by atoms with Crippen LogP contribution in [-0.4, -0.2) is 0 Å². The van der Waals surface area contributed by atoms with Crippen LogP contribution in [0.25, 0.3) is 76.1 Å². The van der Waals surface area contributed by atoms with E-state index in [0.717, 1.165) is 22.7 Å². The van der Waals surface area contributed by atoms with Gasteiger partial charge in [0.1, 0.15) is 0 Å². The first-order chi connectivity index (χ1) is 33.3. The van der Waals surface area contributed by atoms with Crippen molar-refractivity contribution in [1.29, 1.82) is 0 Å². The third kappa shape index (κ3) is 5.40. The van der Waals surface area contributed by atoms with Crippen LogP contribution in [0.4, 0.5) is 34.1 Å². The Bertz CT molecular complexity index is 4030. The number of hydrogen-bond acceptors (Lipinski definition) is 2. The summed E-state index contributed by atoms with van der Waals surface area (Å²) in [6.07, 6.45) is 0. The van der Waals surface area contributed by atoms with Crippen molar-refractivity contribution < 1.29 is 0 Å². The summed E-state index contributed by atoms with van der Waals surface area (Å²) in [6.45, 7) is 9.59. The number of benzene rings is 12. The second-order valence-electron chi connectivity index (χ2n) is 20.1. The molecule has 14 rings (SSSR count). The van der Waals surface area contributed by atoms with Crippen LogP contribution in [0.3, 0.4) is 0 Å². The molecule has 0 bridgehead atoms. The quantitative estimate of drug-likeness (QED) is 0.147. The maximum Gasteiger partial charge on any atom is 0.0540 e. The Labute approximate surface area is 397 Å². The summed E-state index contributed by atoms with van der Waals surface area (Å²) in [5.41, 5.74) is 17.2. The predicted octanol–water partition coefficient (Wildman–Crippen LogP) is 18.4. The van der Waals surface area contributed by atoms with E-state index in [1.807, 2.05) is 0 Å². The van der Waals surface area contributed by atoms with Crippen molar-refractivity contribution in [2.75, 3.05) is 9.80 Å². The zero-order chi connectivity index (χ0) is 45.5. The van der Waals surface area contributed by atoms with Gasteiger partial charge in [0, 0.05) is 44.2 Å². The Morgan fingerprint density at radius 3 is 1.56 bits per heavy atom. The van der Waals surface area contributed by atoms with Gasteiger partial charge in [0.15, 0.2) is 0 Å². The van der Waals surface area contributed by atoms with Crippen LogP contribution in [0.2, 0.25) is 0 Å². The predicted molar refractivity (Wildman–Crippen MR) is 290 cm³/mol. The highest BCUT2D eigenvalue weighted by atomic mass is 15.2. The lowest BCUT2D eigenvalue weighted by molar-refractivity contribution is 0.660. The molecule has 0 atom stereocenters. The molecule has 68 heavy (non-hydrogen) atoms. The van der Waals surface area contributed by atoms with Gasteiger partial charge in [0.05, 0.1) is 17.1 Å². The van der Waals surface area contributed by atoms with Crippen molar-refractivity contribution in [3.63, 3.8) is 0 Å². The minimum Gasteiger partial charge on any atom is -0.310 e. The normalized spacial score (nSPS) is 14.1. The van der Waals surface area contributed by atoms with E-state index in [2.05, 4.69) is 256 Å². The smallest absolute Gasteiger partial charge is 0.0540 e. The summed E-state index contributed by atoms with van der Waals surface area (Å²) in [7, 11) is 0. The molecule has 0 radical (unpaired) electrons. The standard InChI is InChI=1S/C66H48N2/c1-65(2)54-23-13-11-22-50(54)51-35-32-47(39-56(51)65)67(48-38-45-27-26-42-18-15-24-55-63(42)64(45)57(40-48)66(55,3)4)59-36-30-43-29-34-53-60(37-31-44-28-33-52(59)61(43)62(44)53)68(46-19-9-6-10-20-46)58-25-14-12-21-49(58)41-16-7-5-8-17-41/h5-40H,1-4H3. The van der Waals surface area contributed by atoms with Crippen LogP contribution in [-0.2, 0) is 10.8 Å². The molecular formula is C66H48N2. The van der Waals surface area contributed by atoms with Crippen molar-refractivity contribution in [1.82, 2.24) is 0 Å². The van der Waals surface area contributed by atoms with Gasteiger partial charge in [0.25, 0.3) is 0 Å². The second kappa shape index (κ2) is 14.2. The highest BCUT2D eigenvalue weighted by Gasteiger charge is 2.38. The number of nitrogens with zero attached hydrogens (tertiary/aromatic N) is 2. The molecule has 0 spiro atoms. The van der Waals surface area contributed by atoms with E-state index < -0.39 is 0 Å². The molecule has 0 saturated carbocycles. The second-order valence-corrected chi connectivity index (χ2v) is 20.1. The first-order valence-corrected chi connectivity index (χ1v) is 24.0. The zero-order valence-electron chi connectivity index (χ0n) is 38.7. The molecule has 0 aliphatic heterocycles. The largest absolute Gasteiger partial charge is 0.310 e. The number of anilines is 6. The minimum atomic E-state index is -0.159. The van der Waals surface area contributed by atoms with Gasteiger partial charge in [0.2, 0.25) is 0 Å². The molecular weight excluding hydrogens is 821 g/mol. The van der Waals surface area contributed by atoms with Gasteiger partial charge in [-0.15, -0.1) is 0 Å². The highest BCUT2D eigenvalue weighted by molar-refractivity contribution is 6.28. The van der Waals surface area contributed by atoms with Gasteiger partial charge >= 0.3 is 0 Å². The van der Waals surface area contributed by atoms with Crippen molar-refractivity contribution in [3.8, 4) is 22.3 Å². The summed E-state index contributed by atoms with van der Waals surface area (Å²) < 4.78 is 0. The Hall–Kier alpha value is -8.20. The Kier molecular flexibility index (Phi) is 8.12. The summed E-state index contributed by atoms with van der Waals surface area (Å²) in [4.78, 5) is 5.03. The van der Waals surface area contributed by atoms with Gasteiger partial charge < -0.3 is 9.80 Å². The number of fused-ring (bicyclic) bond motifs is 3. The average Bonchev–Trinajstić information content (AvgIpc) is 3.76. The summed E-state index contributed by atoms with van der Waals surface area (Å²) in [6, 6.07) is 81.9. The maximum absolute atomic E-state index is 2.57. The van der Waals surface area contributed by atoms with E-state index in [0.29, 0.717) is 0 Å². The Balaban J connectivity index is 1.03. The fourth-order valence-corrected chi connectivity index (χ4v) is 12.4. The first-order valence-electron chi connectivity index (χ1n) is 24.0. The van der Waals surface area contributed by atoms with Gasteiger partial charge in [-0.25, -0.2) is 0 Å². The van der Waals surface area contributed by atoms with Gasteiger partial charge in [-0.2, -0.15) is 0 Å². The third-order valence-corrected chi connectivity index (χ3v) is 15.7. The highest BCUT2D eigenvalue weighted by Crippen LogP contribution is 2.55. The van der Waals surface area contributed by atoms with Crippen LogP contribution in [0.1, 0.15) is 49.9 Å². The number of rotatable bonds is 7. The molecule has 2 aliphatic rings. The zero-order valence-corrected chi connectivity index (χ0v) is 38.7. The molecule has 0 amide bonds. The molecule has 2 heteroatoms. The van der Waals surface area contributed by atoms with Crippen molar-refractivity contribution >= 4 is 88.0 Å². The fraction of sp³-hybridized carbons (Fsp3) is 0.0909. The molecule has 0 heterocycles. The molecule has 12 aromatic carbocycles. The minimum absolute atomic E-state index is 0.150. The van der Waals surface area contributed by atoms with E-state index in [1.165, 1.54) is 110 Å². The van der Waals surface area contributed by atoms with E-state index in [-0.39, 0.29) is 10.8 Å². The van der Waals surface area contributed by atoms with Crippen LogP contribution in [0, 0.1) is 0 Å². The lowest BCUT2D eigenvalue weighted by Gasteiger charge is -2.31. The third-order valence-electron chi connectivity index (χ3n) is 15.7. The Morgan fingerprint density at radius 2 is 0.809 bits per heavy atom. The maximum atomic E-state index is 2.57. The SMILES string of the molecule is CC1(C)c2ccccc2-c2ccc(N(c3cc4c5c(ccc6cccc(c65)C4(C)C)c3)c3ccc4ccc5c(N(c6ccccc6)c6ccccc6-c6ccccc6)ccc6ccc3c4c65)cc21. The first kappa shape index (κ1) is 39.0. The molecule has 0 saturated heterocycles. The summed E-state index contributed by atoms with van der Waals surface area (Å²) in [5.74, 6) is 0. The Morgan fingerprint density at radius 1 is 0.279 bits per heavy atom. The molecule has 2 nitrogen and oxygen atoms in total. The van der Waals surface area contributed by atoms with Gasteiger partial charge in [-0.3, -0.25) is 0 Å². The average molecular weight is 869 g/mol. The lowest BCUT2D eigenvalue weighted by atomic mass is 9.81. The van der Waals surface area contributed by atoms with Crippen molar-refractivity contribution in [3.05, 3.63) is 241 Å². The van der Waals surface area contributed by atoms with Crippen LogP contribution in [0.5, 0.6) is 0 Å². The van der Waals surface area contributed by atoms with Gasteiger partial charge in [-0.1, -0.05) is 191 Å². The van der Waals surface area contributed by atoms with Crippen LogP contribution >= 0.6 is 0 Å². The molecule has 12 aromatic rings. The summed E-state index contributed by atoms with van der Waals surface area (Å²) in [5, 5.41) is 12.8. The van der Waals surface area contributed by atoms with E-state index >= 15 is 0 Å². The lowest BCUT2D eigenvalue weighted by Crippen LogP contribution is -2.18. The van der Waals surface area contributed by atoms with Crippen molar-refractivity contribution in [2.24, 2.45) is 0 Å². The van der Waals surface area contributed by atoms with E-state index in [1.54, 1.807) is 0 Å². The van der Waals surface area contributed by atoms with Crippen molar-refractivity contribution in [2.45, 2.75) is 38.5 Å². The number of hydrogen-bond donors (Lipinski definition) is 0. The van der Waals surface area contributed by atoms with Crippen LogP contribution in [0.15, 0.2) is 218 Å².